The van der Waals surface area contributed by atoms with Gasteiger partial charge in [-0.15, -0.1) is 0 Å². The van der Waals surface area contributed by atoms with E-state index < -0.39 is 20.5 Å². The normalized spacial score (nSPS) is 11.1. The first kappa shape index (κ1) is 15.6. The van der Waals surface area contributed by atoms with Crippen LogP contribution in [0.4, 0.5) is 4.39 Å². The van der Waals surface area contributed by atoms with Crippen LogP contribution in [0.3, 0.4) is 0 Å². The fourth-order valence-electron chi connectivity index (χ4n) is 1.80. The number of hydrogen-bond acceptors (Lipinski definition) is 4. The minimum absolute atomic E-state index is 0.0757. The Labute approximate surface area is 130 Å². The van der Waals surface area contributed by atoms with Gasteiger partial charge in [-0.25, -0.2) is 12.8 Å². The van der Waals surface area contributed by atoms with Gasteiger partial charge in [0.05, 0.1) is 17.4 Å². The average molecular weight is 369 g/mol. The minimum Gasteiger partial charge on any atom is -0.260 e. The maximum atomic E-state index is 13.9. The van der Waals surface area contributed by atoms with Crippen LogP contribution in [0.2, 0.25) is 0 Å². The molecule has 0 bridgehead atoms. The largest absolute Gasteiger partial charge is 0.260 e. The van der Waals surface area contributed by atoms with Gasteiger partial charge in [-0.3, -0.25) is 4.98 Å². The Hall–Kier alpha value is -1.78. The summed E-state index contributed by atoms with van der Waals surface area (Å²) in [5.41, 5.74) is 1.13. The number of aryl methyl sites for hydroxylation is 1. The molecule has 2 aromatic rings. The Morgan fingerprint density at radius 3 is 2.71 bits per heavy atom. The molecule has 2 rings (SSSR count). The zero-order valence-electron chi connectivity index (χ0n) is 11.0. The maximum absolute atomic E-state index is 13.9. The van der Waals surface area contributed by atoms with Crippen LogP contribution in [0.5, 0.6) is 0 Å². The minimum atomic E-state index is -3.85. The topological polar surface area (TPSA) is 70.8 Å². The first-order valence-electron chi connectivity index (χ1n) is 5.87. The second kappa shape index (κ2) is 5.92. The van der Waals surface area contributed by atoms with E-state index in [0.29, 0.717) is 15.7 Å². The lowest BCUT2D eigenvalue weighted by Gasteiger charge is -2.08. The van der Waals surface area contributed by atoms with Crippen LogP contribution in [-0.2, 0) is 15.6 Å². The third-order valence-electron chi connectivity index (χ3n) is 2.90. The molecule has 0 radical (unpaired) electrons. The molecule has 0 atom stereocenters. The van der Waals surface area contributed by atoms with E-state index in [1.807, 2.05) is 0 Å². The molecule has 0 aliphatic carbocycles. The molecule has 7 heteroatoms. The van der Waals surface area contributed by atoms with Gasteiger partial charge in [-0.1, -0.05) is 0 Å². The van der Waals surface area contributed by atoms with Gasteiger partial charge >= 0.3 is 0 Å². The third-order valence-corrected chi connectivity index (χ3v) is 5.03. The van der Waals surface area contributed by atoms with Crippen molar-refractivity contribution in [2.75, 3.05) is 0 Å². The number of nitrogens with zero attached hydrogens (tertiary/aromatic N) is 2. The van der Waals surface area contributed by atoms with E-state index in [1.54, 1.807) is 25.3 Å². The molecule has 1 heterocycles. The zero-order valence-corrected chi connectivity index (χ0v) is 13.4. The molecule has 1 aromatic carbocycles. The number of halogens is 2. The zero-order chi connectivity index (χ0) is 15.6. The molecule has 0 aliphatic rings. The maximum Gasteiger partial charge on any atom is 0.185 e. The number of hydrogen-bond donors (Lipinski definition) is 0. The number of pyridine rings is 1. The Balaban J connectivity index is 2.44. The van der Waals surface area contributed by atoms with Gasteiger partial charge in [0.2, 0.25) is 0 Å². The van der Waals surface area contributed by atoms with Gasteiger partial charge in [-0.05, 0) is 52.7 Å². The van der Waals surface area contributed by atoms with Crippen LogP contribution in [0, 0.1) is 24.1 Å². The molecule has 0 N–H and O–H groups in total. The van der Waals surface area contributed by atoms with E-state index in [0.717, 1.165) is 12.1 Å². The van der Waals surface area contributed by atoms with Crippen molar-refractivity contribution < 1.29 is 12.8 Å². The summed E-state index contributed by atoms with van der Waals surface area (Å²) in [7, 11) is -3.85. The highest BCUT2D eigenvalue weighted by Gasteiger charge is 2.21. The van der Waals surface area contributed by atoms with Crippen LogP contribution < -0.4 is 0 Å². The summed E-state index contributed by atoms with van der Waals surface area (Å²) >= 11 is 3.23. The molecule has 0 aliphatic heterocycles. The monoisotopic (exact) mass is 368 g/mol. The number of rotatable bonds is 3. The smallest absolute Gasteiger partial charge is 0.185 e. The molecule has 0 spiro atoms. The first-order chi connectivity index (χ1) is 9.83. The Bertz CT molecular complexity index is 845. The van der Waals surface area contributed by atoms with E-state index in [-0.39, 0.29) is 11.3 Å². The molecular formula is C14H10BrFN2O2S. The summed E-state index contributed by atoms with van der Waals surface area (Å²) in [5.74, 6) is -1.27. The number of aromatic nitrogens is 1. The summed E-state index contributed by atoms with van der Waals surface area (Å²) in [4.78, 5) is 3.64. The van der Waals surface area contributed by atoms with Crippen molar-refractivity contribution in [2.45, 2.75) is 17.6 Å². The molecule has 4 nitrogen and oxygen atoms in total. The molecule has 0 saturated heterocycles. The number of nitriles is 1. The van der Waals surface area contributed by atoms with Crippen molar-refractivity contribution in [3.63, 3.8) is 0 Å². The average Bonchev–Trinajstić information content (AvgIpc) is 2.42. The van der Waals surface area contributed by atoms with E-state index in [2.05, 4.69) is 20.9 Å². The second-order valence-electron chi connectivity index (χ2n) is 4.41. The van der Waals surface area contributed by atoms with Crippen LogP contribution in [0.1, 0.15) is 16.8 Å². The van der Waals surface area contributed by atoms with Gasteiger partial charge in [-0.2, -0.15) is 5.26 Å². The van der Waals surface area contributed by atoms with Gasteiger partial charge in [0, 0.05) is 16.4 Å². The lowest BCUT2D eigenvalue weighted by atomic mass is 10.2. The number of benzene rings is 1. The predicted octanol–water partition coefficient (Wildman–Crippen LogP) is 3.14. The fourth-order valence-corrected chi connectivity index (χ4v) is 3.67. The summed E-state index contributed by atoms with van der Waals surface area (Å²) in [6.07, 6.45) is 1.56. The summed E-state index contributed by atoms with van der Waals surface area (Å²) in [5, 5.41) is 8.68. The van der Waals surface area contributed by atoms with Crippen molar-refractivity contribution in [1.29, 1.82) is 5.26 Å². The van der Waals surface area contributed by atoms with E-state index in [4.69, 9.17) is 5.26 Å². The standard InChI is InChI=1S/C14H10BrFN2O2S/c1-9-11(5-12(15)7-18-9)8-21(19,20)14-3-2-10(6-17)4-13(14)16/h2-5,7H,8H2,1H3. The van der Waals surface area contributed by atoms with Gasteiger partial charge in [0.1, 0.15) is 10.7 Å². The van der Waals surface area contributed by atoms with Gasteiger partial charge in [0.15, 0.2) is 9.84 Å². The highest BCUT2D eigenvalue weighted by Crippen LogP contribution is 2.23. The Morgan fingerprint density at radius 1 is 1.38 bits per heavy atom. The summed E-state index contributed by atoms with van der Waals surface area (Å²) < 4.78 is 39.2. The van der Waals surface area contributed by atoms with Crippen molar-refractivity contribution in [3.8, 4) is 6.07 Å². The summed E-state index contributed by atoms with van der Waals surface area (Å²) in [6.45, 7) is 1.69. The molecule has 1 aromatic heterocycles. The molecule has 0 saturated carbocycles. The lowest BCUT2D eigenvalue weighted by molar-refractivity contribution is 0.566. The van der Waals surface area contributed by atoms with Gasteiger partial charge < -0.3 is 0 Å². The van der Waals surface area contributed by atoms with E-state index in [1.165, 1.54) is 6.07 Å². The van der Waals surface area contributed by atoms with E-state index >= 15 is 0 Å². The lowest BCUT2D eigenvalue weighted by Crippen LogP contribution is -2.09. The van der Waals surface area contributed by atoms with Gasteiger partial charge in [0.25, 0.3) is 0 Å². The van der Waals surface area contributed by atoms with Crippen molar-refractivity contribution in [1.82, 2.24) is 4.98 Å². The molecule has 0 amide bonds. The summed E-state index contributed by atoms with van der Waals surface area (Å²) in [6, 6.07) is 6.71. The Kier molecular flexibility index (Phi) is 4.40. The molecule has 0 unspecified atom stereocenters. The highest BCUT2D eigenvalue weighted by atomic mass is 79.9. The van der Waals surface area contributed by atoms with Crippen LogP contribution in [0.15, 0.2) is 39.8 Å². The fraction of sp³-hybridized carbons (Fsp3) is 0.143. The molecule has 21 heavy (non-hydrogen) atoms. The Morgan fingerprint density at radius 2 is 2.10 bits per heavy atom. The highest BCUT2D eigenvalue weighted by molar-refractivity contribution is 9.10. The first-order valence-corrected chi connectivity index (χ1v) is 8.31. The second-order valence-corrected chi connectivity index (χ2v) is 7.29. The molecule has 0 fully saturated rings. The third kappa shape index (κ3) is 3.46. The van der Waals surface area contributed by atoms with Crippen molar-refractivity contribution >= 4 is 25.8 Å². The predicted molar refractivity (Wildman–Crippen MR) is 78.7 cm³/mol. The molecular weight excluding hydrogens is 359 g/mol. The van der Waals surface area contributed by atoms with E-state index in [9.17, 15) is 12.8 Å². The number of sulfone groups is 1. The van der Waals surface area contributed by atoms with Crippen LogP contribution in [-0.4, -0.2) is 13.4 Å². The van der Waals surface area contributed by atoms with Crippen LogP contribution in [0.25, 0.3) is 0 Å². The van der Waals surface area contributed by atoms with Crippen molar-refractivity contribution in [2.24, 2.45) is 0 Å². The SMILES string of the molecule is Cc1ncc(Br)cc1CS(=O)(=O)c1ccc(C#N)cc1F. The van der Waals surface area contributed by atoms with Crippen molar-refractivity contribution in [3.05, 3.63) is 57.6 Å². The molecule has 108 valence electrons. The van der Waals surface area contributed by atoms with Crippen LogP contribution >= 0.6 is 15.9 Å². The quantitative estimate of drug-likeness (QED) is 0.834.